The molecule has 1 aliphatic heterocycles. The molecule has 0 bridgehead atoms. The Morgan fingerprint density at radius 2 is 2.38 bits per heavy atom. The van der Waals surface area contributed by atoms with Gasteiger partial charge in [0.05, 0.1) is 18.3 Å². The fourth-order valence-corrected chi connectivity index (χ4v) is 2.39. The Bertz CT molecular complexity index is 467. The van der Waals surface area contributed by atoms with E-state index in [-0.39, 0.29) is 12.0 Å². The van der Waals surface area contributed by atoms with Crippen LogP contribution < -0.4 is 10.6 Å². The minimum absolute atomic E-state index is 0.0573. The molecule has 1 aliphatic rings. The molecule has 1 fully saturated rings. The summed E-state index contributed by atoms with van der Waals surface area (Å²) in [6, 6.07) is 3.55. The lowest BCUT2D eigenvalue weighted by atomic mass is 10.2. The first kappa shape index (κ1) is 15.7. The number of carbonyl (C=O) groups excluding carboxylic acids is 1. The molecule has 1 unspecified atom stereocenters. The molecule has 21 heavy (non-hydrogen) atoms. The standard InChI is InChI=1S/C15H24N4O2/c1-3-16-14-13(6-5-7-17-14)15(20)18-10-12-11-19(4-2)8-9-21-12/h5-7,12H,3-4,8-11H2,1-2H3,(H,16,17)(H,18,20). The van der Waals surface area contributed by atoms with Crippen LogP contribution in [0.4, 0.5) is 5.82 Å². The van der Waals surface area contributed by atoms with Gasteiger partial charge in [0.1, 0.15) is 5.82 Å². The SMILES string of the molecule is CCNc1ncccc1C(=O)NCC1CN(CC)CCO1. The zero-order valence-corrected chi connectivity index (χ0v) is 12.8. The molecule has 1 saturated heterocycles. The number of pyridine rings is 1. The molecule has 116 valence electrons. The molecule has 0 saturated carbocycles. The highest BCUT2D eigenvalue weighted by Gasteiger charge is 2.20. The smallest absolute Gasteiger partial charge is 0.255 e. The fraction of sp³-hybridized carbons (Fsp3) is 0.600. The van der Waals surface area contributed by atoms with Crippen LogP contribution in [0.15, 0.2) is 18.3 Å². The lowest BCUT2D eigenvalue weighted by Gasteiger charge is -2.32. The van der Waals surface area contributed by atoms with Crippen LogP contribution in [0, 0.1) is 0 Å². The second-order valence-electron chi connectivity index (χ2n) is 5.03. The molecule has 1 aromatic rings. The van der Waals surface area contributed by atoms with Crippen molar-refractivity contribution in [1.82, 2.24) is 15.2 Å². The number of hydrogen-bond acceptors (Lipinski definition) is 5. The summed E-state index contributed by atoms with van der Waals surface area (Å²) >= 11 is 0. The first-order valence-corrected chi connectivity index (χ1v) is 7.55. The van der Waals surface area contributed by atoms with Crippen molar-refractivity contribution in [3.05, 3.63) is 23.9 Å². The van der Waals surface area contributed by atoms with Gasteiger partial charge in [-0.3, -0.25) is 9.69 Å². The summed E-state index contributed by atoms with van der Waals surface area (Å²) in [4.78, 5) is 18.8. The number of rotatable bonds is 6. The highest BCUT2D eigenvalue weighted by Crippen LogP contribution is 2.11. The van der Waals surface area contributed by atoms with E-state index in [1.807, 2.05) is 6.92 Å². The first-order chi connectivity index (χ1) is 10.2. The summed E-state index contributed by atoms with van der Waals surface area (Å²) in [5.74, 6) is 0.508. The number of anilines is 1. The van der Waals surface area contributed by atoms with E-state index in [4.69, 9.17) is 4.74 Å². The molecule has 6 heteroatoms. The van der Waals surface area contributed by atoms with Crippen LogP contribution in [0.1, 0.15) is 24.2 Å². The zero-order valence-electron chi connectivity index (χ0n) is 12.8. The first-order valence-electron chi connectivity index (χ1n) is 7.55. The zero-order chi connectivity index (χ0) is 15.1. The average Bonchev–Trinajstić information content (AvgIpc) is 2.53. The second-order valence-corrected chi connectivity index (χ2v) is 5.03. The molecule has 1 aromatic heterocycles. The van der Waals surface area contributed by atoms with Gasteiger partial charge in [0.25, 0.3) is 5.91 Å². The second kappa shape index (κ2) is 7.95. The Morgan fingerprint density at radius 3 is 3.14 bits per heavy atom. The topological polar surface area (TPSA) is 66.5 Å². The summed E-state index contributed by atoms with van der Waals surface area (Å²) in [5.41, 5.74) is 0.572. The normalized spacial score (nSPS) is 19.2. The Labute approximate surface area is 125 Å². The van der Waals surface area contributed by atoms with Crippen molar-refractivity contribution in [3.63, 3.8) is 0 Å². The van der Waals surface area contributed by atoms with Gasteiger partial charge < -0.3 is 15.4 Å². The van der Waals surface area contributed by atoms with Gasteiger partial charge in [-0.2, -0.15) is 0 Å². The molecule has 0 aromatic carbocycles. The number of morpholine rings is 1. The van der Waals surface area contributed by atoms with E-state index in [9.17, 15) is 4.79 Å². The van der Waals surface area contributed by atoms with Crippen LogP contribution in [0.2, 0.25) is 0 Å². The molecule has 6 nitrogen and oxygen atoms in total. The van der Waals surface area contributed by atoms with Crippen molar-refractivity contribution in [3.8, 4) is 0 Å². The number of carbonyl (C=O) groups is 1. The molecule has 1 atom stereocenters. The van der Waals surface area contributed by atoms with Crippen LogP contribution in [0.25, 0.3) is 0 Å². The molecule has 0 spiro atoms. The van der Waals surface area contributed by atoms with Gasteiger partial charge in [-0.25, -0.2) is 4.98 Å². The van der Waals surface area contributed by atoms with Gasteiger partial charge in [0.2, 0.25) is 0 Å². The summed E-state index contributed by atoms with van der Waals surface area (Å²) < 4.78 is 5.69. The number of amides is 1. The molecule has 1 amide bonds. The summed E-state index contributed by atoms with van der Waals surface area (Å²) in [6.07, 6.45) is 1.74. The van der Waals surface area contributed by atoms with E-state index in [0.717, 1.165) is 32.8 Å². The van der Waals surface area contributed by atoms with Crippen LogP contribution in [0.3, 0.4) is 0 Å². The lowest BCUT2D eigenvalue weighted by molar-refractivity contribution is -0.0246. The van der Waals surface area contributed by atoms with E-state index in [1.54, 1.807) is 18.3 Å². The van der Waals surface area contributed by atoms with Crippen LogP contribution in [0.5, 0.6) is 0 Å². The molecular formula is C15H24N4O2. The van der Waals surface area contributed by atoms with Crippen molar-refractivity contribution in [2.24, 2.45) is 0 Å². The van der Waals surface area contributed by atoms with Gasteiger partial charge >= 0.3 is 0 Å². The molecule has 2 N–H and O–H groups in total. The predicted octanol–water partition coefficient (Wildman–Crippen LogP) is 0.964. The molecular weight excluding hydrogens is 268 g/mol. The summed E-state index contributed by atoms with van der Waals surface area (Å²) in [6.45, 7) is 8.94. The maximum absolute atomic E-state index is 12.3. The molecule has 2 rings (SSSR count). The van der Waals surface area contributed by atoms with Gasteiger partial charge in [-0.15, -0.1) is 0 Å². The van der Waals surface area contributed by atoms with Gasteiger partial charge in [-0.05, 0) is 25.6 Å². The quantitative estimate of drug-likeness (QED) is 0.817. The minimum Gasteiger partial charge on any atom is -0.374 e. The fourth-order valence-electron chi connectivity index (χ4n) is 2.39. The van der Waals surface area contributed by atoms with Crippen molar-refractivity contribution < 1.29 is 9.53 Å². The highest BCUT2D eigenvalue weighted by atomic mass is 16.5. The van der Waals surface area contributed by atoms with Crippen LogP contribution in [-0.4, -0.2) is 61.2 Å². The third-order valence-electron chi connectivity index (χ3n) is 3.56. The monoisotopic (exact) mass is 292 g/mol. The van der Waals surface area contributed by atoms with E-state index >= 15 is 0 Å². The Balaban J connectivity index is 1.90. The number of ether oxygens (including phenoxy) is 1. The predicted molar refractivity (Wildman–Crippen MR) is 82.6 cm³/mol. The molecule has 0 aliphatic carbocycles. The van der Waals surface area contributed by atoms with Gasteiger partial charge in [0.15, 0.2) is 0 Å². The lowest BCUT2D eigenvalue weighted by Crippen LogP contribution is -2.47. The Morgan fingerprint density at radius 1 is 1.52 bits per heavy atom. The highest BCUT2D eigenvalue weighted by molar-refractivity contribution is 5.98. The molecule has 2 heterocycles. The van der Waals surface area contributed by atoms with E-state index < -0.39 is 0 Å². The Kier molecular flexibility index (Phi) is 5.95. The van der Waals surface area contributed by atoms with Gasteiger partial charge in [-0.1, -0.05) is 6.92 Å². The third-order valence-corrected chi connectivity index (χ3v) is 3.56. The van der Waals surface area contributed by atoms with Crippen molar-refractivity contribution in [1.29, 1.82) is 0 Å². The van der Waals surface area contributed by atoms with Crippen LogP contribution >= 0.6 is 0 Å². The van der Waals surface area contributed by atoms with E-state index in [2.05, 4.69) is 27.4 Å². The van der Waals surface area contributed by atoms with Crippen molar-refractivity contribution >= 4 is 11.7 Å². The van der Waals surface area contributed by atoms with E-state index in [0.29, 0.717) is 17.9 Å². The number of nitrogens with one attached hydrogen (secondary N) is 2. The number of aromatic nitrogens is 1. The minimum atomic E-state index is -0.115. The Hall–Kier alpha value is -1.66. The van der Waals surface area contributed by atoms with Crippen LogP contribution in [-0.2, 0) is 4.74 Å². The van der Waals surface area contributed by atoms with E-state index in [1.165, 1.54) is 0 Å². The van der Waals surface area contributed by atoms with Gasteiger partial charge in [0, 0.05) is 32.4 Å². The maximum atomic E-state index is 12.3. The van der Waals surface area contributed by atoms with Crippen molar-refractivity contribution in [2.45, 2.75) is 20.0 Å². The number of nitrogens with zero attached hydrogens (tertiary/aromatic N) is 2. The van der Waals surface area contributed by atoms with Crippen molar-refractivity contribution in [2.75, 3.05) is 44.6 Å². The summed E-state index contributed by atoms with van der Waals surface area (Å²) in [5, 5.41) is 6.04. The largest absolute Gasteiger partial charge is 0.374 e. The third kappa shape index (κ3) is 4.41. The average molecular weight is 292 g/mol. The maximum Gasteiger partial charge on any atom is 0.255 e. The molecule has 0 radical (unpaired) electrons. The number of likely N-dealkylation sites (N-methyl/N-ethyl adjacent to an activating group) is 1. The summed E-state index contributed by atoms with van der Waals surface area (Å²) in [7, 11) is 0. The number of hydrogen-bond donors (Lipinski definition) is 2.